The summed E-state index contributed by atoms with van der Waals surface area (Å²) in [5.74, 6) is 1.36. The van der Waals surface area contributed by atoms with E-state index in [0.29, 0.717) is 17.6 Å². The first-order valence-corrected chi connectivity index (χ1v) is 5.90. The zero-order chi connectivity index (χ0) is 10.4. The van der Waals surface area contributed by atoms with Gasteiger partial charge in [-0.2, -0.15) is 0 Å². The molecule has 0 aromatic rings. The zero-order valence-corrected chi connectivity index (χ0v) is 9.46. The highest BCUT2D eigenvalue weighted by Crippen LogP contribution is 2.24. The SMILES string of the molecule is CC(C)C/C=C/C(=O)C1CCCCC1. The van der Waals surface area contributed by atoms with Gasteiger partial charge in [0.05, 0.1) is 0 Å². The largest absolute Gasteiger partial charge is 0.295 e. The summed E-state index contributed by atoms with van der Waals surface area (Å²) in [5.41, 5.74) is 0. The third kappa shape index (κ3) is 4.08. The summed E-state index contributed by atoms with van der Waals surface area (Å²) in [4.78, 5) is 11.7. The molecule has 0 aromatic carbocycles. The maximum atomic E-state index is 11.7. The van der Waals surface area contributed by atoms with Crippen molar-refractivity contribution in [3.63, 3.8) is 0 Å². The molecular weight excluding hydrogens is 172 g/mol. The number of hydrogen-bond acceptors (Lipinski definition) is 1. The van der Waals surface area contributed by atoms with Crippen LogP contribution in [0, 0.1) is 11.8 Å². The highest BCUT2D eigenvalue weighted by atomic mass is 16.1. The molecule has 1 aliphatic rings. The van der Waals surface area contributed by atoms with Gasteiger partial charge in [-0.25, -0.2) is 0 Å². The third-order valence-corrected chi connectivity index (χ3v) is 2.90. The predicted octanol–water partition coefficient (Wildman–Crippen LogP) is 3.74. The van der Waals surface area contributed by atoms with Crippen LogP contribution < -0.4 is 0 Å². The van der Waals surface area contributed by atoms with E-state index >= 15 is 0 Å². The highest BCUT2D eigenvalue weighted by molar-refractivity contribution is 5.91. The lowest BCUT2D eigenvalue weighted by atomic mass is 9.86. The minimum absolute atomic E-state index is 0.340. The molecule has 1 fully saturated rings. The van der Waals surface area contributed by atoms with E-state index in [1.165, 1.54) is 19.3 Å². The normalized spacial score (nSPS) is 19.4. The number of ketones is 1. The van der Waals surface area contributed by atoms with Gasteiger partial charge in [-0.15, -0.1) is 0 Å². The smallest absolute Gasteiger partial charge is 0.158 e. The molecule has 1 aliphatic carbocycles. The van der Waals surface area contributed by atoms with E-state index in [1.807, 2.05) is 12.2 Å². The van der Waals surface area contributed by atoms with Crippen LogP contribution in [-0.2, 0) is 4.79 Å². The van der Waals surface area contributed by atoms with Crippen molar-refractivity contribution in [2.24, 2.45) is 11.8 Å². The van der Waals surface area contributed by atoms with E-state index in [2.05, 4.69) is 13.8 Å². The van der Waals surface area contributed by atoms with Crippen LogP contribution in [0.15, 0.2) is 12.2 Å². The van der Waals surface area contributed by atoms with Crippen molar-refractivity contribution in [2.75, 3.05) is 0 Å². The highest BCUT2D eigenvalue weighted by Gasteiger charge is 2.18. The molecule has 0 atom stereocenters. The molecule has 0 radical (unpaired) electrons. The first kappa shape index (κ1) is 11.5. The topological polar surface area (TPSA) is 17.1 Å². The van der Waals surface area contributed by atoms with E-state index < -0.39 is 0 Å². The summed E-state index contributed by atoms with van der Waals surface area (Å²) < 4.78 is 0. The number of carbonyl (C=O) groups excluding carboxylic acids is 1. The molecule has 0 aliphatic heterocycles. The summed E-state index contributed by atoms with van der Waals surface area (Å²) in [6.45, 7) is 4.35. The second kappa shape index (κ2) is 6.00. The summed E-state index contributed by atoms with van der Waals surface area (Å²) in [6, 6.07) is 0. The van der Waals surface area contributed by atoms with E-state index in [9.17, 15) is 4.79 Å². The molecule has 0 aromatic heterocycles. The zero-order valence-electron chi connectivity index (χ0n) is 9.46. The van der Waals surface area contributed by atoms with Crippen LogP contribution in [-0.4, -0.2) is 5.78 Å². The van der Waals surface area contributed by atoms with Crippen LogP contribution in [0.25, 0.3) is 0 Å². The Bertz CT molecular complexity index is 197. The molecule has 80 valence electrons. The Labute approximate surface area is 87.6 Å². The van der Waals surface area contributed by atoms with Crippen molar-refractivity contribution < 1.29 is 4.79 Å². The van der Waals surface area contributed by atoms with Crippen LogP contribution in [0.2, 0.25) is 0 Å². The van der Waals surface area contributed by atoms with Gasteiger partial charge in [0, 0.05) is 5.92 Å². The third-order valence-electron chi connectivity index (χ3n) is 2.90. The molecular formula is C13H22O. The number of hydrogen-bond donors (Lipinski definition) is 0. The molecule has 1 saturated carbocycles. The Balaban J connectivity index is 2.29. The van der Waals surface area contributed by atoms with Crippen molar-refractivity contribution in [1.29, 1.82) is 0 Å². The Morgan fingerprint density at radius 2 is 1.93 bits per heavy atom. The lowest BCUT2D eigenvalue weighted by molar-refractivity contribution is -0.119. The van der Waals surface area contributed by atoms with Crippen molar-refractivity contribution in [3.05, 3.63) is 12.2 Å². The van der Waals surface area contributed by atoms with E-state index in [0.717, 1.165) is 19.3 Å². The molecule has 1 rings (SSSR count). The number of allylic oxidation sites excluding steroid dienone is 2. The van der Waals surface area contributed by atoms with Gasteiger partial charge in [-0.1, -0.05) is 39.2 Å². The Kier molecular flexibility index (Phi) is 4.92. The van der Waals surface area contributed by atoms with Gasteiger partial charge in [-0.3, -0.25) is 4.79 Å². The lowest BCUT2D eigenvalue weighted by Crippen LogP contribution is -2.15. The molecule has 1 nitrogen and oxygen atoms in total. The summed E-state index contributed by atoms with van der Waals surface area (Å²) >= 11 is 0. The van der Waals surface area contributed by atoms with Crippen LogP contribution >= 0.6 is 0 Å². The van der Waals surface area contributed by atoms with Crippen molar-refractivity contribution >= 4 is 5.78 Å². The standard InChI is InChI=1S/C13H22O/c1-11(2)7-6-10-13(14)12-8-4-3-5-9-12/h6,10-12H,3-5,7-9H2,1-2H3/b10-6+. The average molecular weight is 194 g/mol. The van der Waals surface area contributed by atoms with Gasteiger partial charge >= 0.3 is 0 Å². The molecule has 0 amide bonds. The Morgan fingerprint density at radius 3 is 2.50 bits per heavy atom. The first-order valence-electron chi connectivity index (χ1n) is 5.90. The molecule has 0 bridgehead atoms. The van der Waals surface area contributed by atoms with Gasteiger partial charge < -0.3 is 0 Å². The van der Waals surface area contributed by atoms with E-state index in [1.54, 1.807) is 0 Å². The quantitative estimate of drug-likeness (QED) is 0.623. The average Bonchev–Trinajstić information content (AvgIpc) is 2.18. The van der Waals surface area contributed by atoms with Crippen LogP contribution in [0.5, 0.6) is 0 Å². The van der Waals surface area contributed by atoms with Crippen molar-refractivity contribution in [3.8, 4) is 0 Å². The molecule has 1 heteroatoms. The molecule has 0 saturated heterocycles. The second-order valence-corrected chi connectivity index (χ2v) is 4.77. The maximum Gasteiger partial charge on any atom is 0.158 e. The molecule has 0 N–H and O–H groups in total. The van der Waals surface area contributed by atoms with Gasteiger partial charge in [0.25, 0.3) is 0 Å². The number of carbonyl (C=O) groups is 1. The molecule has 0 heterocycles. The molecule has 0 unspecified atom stereocenters. The van der Waals surface area contributed by atoms with Crippen molar-refractivity contribution in [1.82, 2.24) is 0 Å². The van der Waals surface area contributed by atoms with E-state index in [-0.39, 0.29) is 0 Å². The summed E-state index contributed by atoms with van der Waals surface area (Å²) in [7, 11) is 0. The van der Waals surface area contributed by atoms with Crippen LogP contribution in [0.4, 0.5) is 0 Å². The fraction of sp³-hybridized carbons (Fsp3) is 0.769. The summed E-state index contributed by atoms with van der Waals surface area (Å²) in [6.07, 6.45) is 10.9. The summed E-state index contributed by atoms with van der Waals surface area (Å²) in [5, 5.41) is 0. The minimum atomic E-state index is 0.340. The van der Waals surface area contributed by atoms with Gasteiger partial charge in [0.2, 0.25) is 0 Å². The van der Waals surface area contributed by atoms with E-state index in [4.69, 9.17) is 0 Å². The lowest BCUT2D eigenvalue weighted by Gasteiger charge is -2.18. The fourth-order valence-corrected chi connectivity index (χ4v) is 1.98. The van der Waals surface area contributed by atoms with Crippen molar-refractivity contribution in [2.45, 2.75) is 52.4 Å². The monoisotopic (exact) mass is 194 g/mol. The molecule has 0 spiro atoms. The van der Waals surface area contributed by atoms with Gasteiger partial charge in [-0.05, 0) is 31.3 Å². The fourth-order valence-electron chi connectivity index (χ4n) is 1.98. The first-order chi connectivity index (χ1) is 6.70. The Morgan fingerprint density at radius 1 is 1.29 bits per heavy atom. The predicted molar refractivity (Wildman–Crippen MR) is 60.2 cm³/mol. The second-order valence-electron chi connectivity index (χ2n) is 4.77. The molecule has 14 heavy (non-hydrogen) atoms. The Hall–Kier alpha value is -0.590. The van der Waals surface area contributed by atoms with Gasteiger partial charge in [0.1, 0.15) is 0 Å². The minimum Gasteiger partial charge on any atom is -0.295 e. The van der Waals surface area contributed by atoms with Gasteiger partial charge in [0.15, 0.2) is 5.78 Å². The maximum absolute atomic E-state index is 11.7. The van der Waals surface area contributed by atoms with Crippen LogP contribution in [0.1, 0.15) is 52.4 Å². The van der Waals surface area contributed by atoms with Crippen LogP contribution in [0.3, 0.4) is 0 Å². The number of rotatable bonds is 4.